The smallest absolute Gasteiger partial charge is 0.308 e. The van der Waals surface area contributed by atoms with Gasteiger partial charge in [0.15, 0.2) is 0 Å². The summed E-state index contributed by atoms with van der Waals surface area (Å²) in [6.45, 7) is 5.92. The summed E-state index contributed by atoms with van der Waals surface area (Å²) in [6, 6.07) is 0. The first-order valence-electron chi connectivity index (χ1n) is 4.86. The van der Waals surface area contributed by atoms with Crippen LogP contribution < -0.4 is 0 Å². The molecule has 1 atom stereocenters. The van der Waals surface area contributed by atoms with Gasteiger partial charge < -0.3 is 9.47 Å². The summed E-state index contributed by atoms with van der Waals surface area (Å²) in [6.07, 6.45) is 0.0880. The number of carbonyl (C=O) groups excluding carboxylic acids is 2. The Labute approximate surface area is 84.6 Å². The van der Waals surface area contributed by atoms with Crippen molar-refractivity contribution in [2.24, 2.45) is 0 Å². The van der Waals surface area contributed by atoms with Gasteiger partial charge in [-0.1, -0.05) is 0 Å². The Kier molecular flexibility index (Phi) is 7.02. The molecule has 4 heteroatoms. The average Bonchev–Trinajstić information content (AvgIpc) is 2.03. The highest BCUT2D eigenvalue weighted by Crippen LogP contribution is 2.06. The van der Waals surface area contributed by atoms with Gasteiger partial charge in [0.05, 0.1) is 19.1 Å². The maximum Gasteiger partial charge on any atom is 0.308 e. The van der Waals surface area contributed by atoms with Crippen LogP contribution in [0.2, 0.25) is 0 Å². The van der Waals surface area contributed by atoms with Gasteiger partial charge in [0.25, 0.3) is 0 Å². The largest absolute Gasteiger partial charge is 0.466 e. The van der Waals surface area contributed by atoms with Crippen LogP contribution in [0.15, 0.2) is 0 Å². The number of ketones is 1. The Morgan fingerprint density at radius 2 is 1.79 bits per heavy atom. The monoisotopic (exact) mass is 202 g/mol. The highest BCUT2D eigenvalue weighted by molar-refractivity contribution is 5.77. The van der Waals surface area contributed by atoms with Crippen LogP contribution in [-0.2, 0) is 19.1 Å². The number of hydrogen-bond acceptors (Lipinski definition) is 4. The highest BCUT2D eigenvalue weighted by atomic mass is 16.5. The van der Waals surface area contributed by atoms with Gasteiger partial charge >= 0.3 is 5.97 Å². The Balaban J connectivity index is 3.94. The molecule has 0 aromatic carbocycles. The van der Waals surface area contributed by atoms with Crippen LogP contribution in [0.4, 0.5) is 0 Å². The number of esters is 1. The summed E-state index contributed by atoms with van der Waals surface area (Å²) in [4.78, 5) is 21.9. The number of ether oxygens (including phenoxy) is 2. The van der Waals surface area contributed by atoms with Gasteiger partial charge in [0.2, 0.25) is 0 Å². The first-order chi connectivity index (χ1) is 6.60. The van der Waals surface area contributed by atoms with Crippen LogP contribution >= 0.6 is 0 Å². The zero-order chi connectivity index (χ0) is 11.0. The van der Waals surface area contributed by atoms with E-state index in [0.717, 1.165) is 0 Å². The lowest BCUT2D eigenvalue weighted by Gasteiger charge is -2.14. The third-order valence-electron chi connectivity index (χ3n) is 1.62. The van der Waals surface area contributed by atoms with E-state index in [-0.39, 0.29) is 30.7 Å². The van der Waals surface area contributed by atoms with Crippen LogP contribution in [0.25, 0.3) is 0 Å². The predicted molar refractivity (Wildman–Crippen MR) is 52.0 cm³/mol. The van der Waals surface area contributed by atoms with Crippen LogP contribution in [0.1, 0.15) is 33.6 Å². The van der Waals surface area contributed by atoms with Crippen molar-refractivity contribution in [3.05, 3.63) is 0 Å². The van der Waals surface area contributed by atoms with Crippen molar-refractivity contribution in [1.82, 2.24) is 0 Å². The summed E-state index contributed by atoms with van der Waals surface area (Å²) < 4.78 is 10.0. The first-order valence-corrected chi connectivity index (χ1v) is 4.86. The molecule has 0 bridgehead atoms. The van der Waals surface area contributed by atoms with Crippen LogP contribution in [-0.4, -0.2) is 31.1 Å². The zero-order valence-corrected chi connectivity index (χ0v) is 9.04. The van der Waals surface area contributed by atoms with Crippen molar-refractivity contribution in [3.63, 3.8) is 0 Å². The summed E-state index contributed by atoms with van der Waals surface area (Å²) >= 11 is 0. The predicted octanol–water partition coefficient (Wildman–Crippen LogP) is 1.32. The SMILES string of the molecule is CCOC(=O)CC(CC(C)=O)OCC. The van der Waals surface area contributed by atoms with Crippen LogP contribution in [0, 0.1) is 0 Å². The molecule has 0 aliphatic carbocycles. The third kappa shape index (κ3) is 6.60. The zero-order valence-electron chi connectivity index (χ0n) is 9.04. The lowest BCUT2D eigenvalue weighted by atomic mass is 10.1. The van der Waals surface area contributed by atoms with Crippen LogP contribution in [0.3, 0.4) is 0 Å². The van der Waals surface area contributed by atoms with Gasteiger partial charge in [-0.15, -0.1) is 0 Å². The van der Waals surface area contributed by atoms with E-state index in [2.05, 4.69) is 0 Å². The standard InChI is InChI=1S/C10H18O4/c1-4-13-9(6-8(3)11)7-10(12)14-5-2/h9H,4-7H2,1-3H3. The van der Waals surface area contributed by atoms with E-state index in [9.17, 15) is 9.59 Å². The van der Waals surface area contributed by atoms with Crippen molar-refractivity contribution >= 4 is 11.8 Å². The minimum Gasteiger partial charge on any atom is -0.466 e. The lowest BCUT2D eigenvalue weighted by molar-refractivity contribution is -0.146. The molecule has 0 saturated carbocycles. The topological polar surface area (TPSA) is 52.6 Å². The van der Waals surface area contributed by atoms with E-state index in [4.69, 9.17) is 9.47 Å². The van der Waals surface area contributed by atoms with Gasteiger partial charge in [-0.05, 0) is 20.8 Å². The summed E-state index contributed by atoms with van der Waals surface area (Å²) in [5.41, 5.74) is 0. The summed E-state index contributed by atoms with van der Waals surface area (Å²) in [7, 11) is 0. The molecule has 1 unspecified atom stereocenters. The molecular weight excluding hydrogens is 184 g/mol. The van der Waals surface area contributed by atoms with Crippen molar-refractivity contribution in [1.29, 1.82) is 0 Å². The molecule has 0 radical (unpaired) electrons. The van der Waals surface area contributed by atoms with E-state index in [1.807, 2.05) is 6.92 Å². The fourth-order valence-corrected chi connectivity index (χ4v) is 1.15. The quantitative estimate of drug-likeness (QED) is 0.584. The normalized spacial score (nSPS) is 12.2. The molecule has 0 heterocycles. The number of Topliss-reactive ketones (excluding diaryl/α,β-unsaturated/α-hetero) is 1. The molecule has 0 aromatic heterocycles. The second-order valence-corrected chi connectivity index (χ2v) is 2.99. The van der Waals surface area contributed by atoms with E-state index in [0.29, 0.717) is 13.2 Å². The van der Waals surface area contributed by atoms with Gasteiger partial charge in [-0.25, -0.2) is 0 Å². The van der Waals surface area contributed by atoms with Gasteiger partial charge in [-0.3, -0.25) is 9.59 Å². The molecule has 0 spiro atoms. The van der Waals surface area contributed by atoms with Crippen LogP contribution in [0.5, 0.6) is 0 Å². The third-order valence-corrected chi connectivity index (χ3v) is 1.62. The van der Waals surface area contributed by atoms with Crippen molar-refractivity contribution < 1.29 is 19.1 Å². The van der Waals surface area contributed by atoms with Gasteiger partial charge in [0, 0.05) is 13.0 Å². The summed E-state index contributed by atoms with van der Waals surface area (Å²) in [5, 5.41) is 0. The van der Waals surface area contributed by atoms with Crippen molar-refractivity contribution in [2.75, 3.05) is 13.2 Å². The summed E-state index contributed by atoms with van der Waals surface area (Å²) in [5.74, 6) is -0.292. The molecule has 0 amide bonds. The molecule has 0 N–H and O–H groups in total. The fourth-order valence-electron chi connectivity index (χ4n) is 1.15. The highest BCUT2D eigenvalue weighted by Gasteiger charge is 2.16. The Morgan fingerprint density at radius 1 is 1.14 bits per heavy atom. The second kappa shape index (κ2) is 7.50. The fraction of sp³-hybridized carbons (Fsp3) is 0.800. The van der Waals surface area contributed by atoms with Gasteiger partial charge in [-0.2, -0.15) is 0 Å². The average molecular weight is 202 g/mol. The molecule has 82 valence electrons. The Hall–Kier alpha value is -0.900. The minimum atomic E-state index is -0.337. The molecule has 0 aromatic rings. The maximum absolute atomic E-state index is 11.1. The molecule has 0 rings (SSSR count). The van der Waals surface area contributed by atoms with E-state index in [1.165, 1.54) is 6.92 Å². The Morgan fingerprint density at radius 3 is 2.21 bits per heavy atom. The van der Waals surface area contributed by atoms with Crippen molar-refractivity contribution in [2.45, 2.75) is 39.7 Å². The van der Waals surface area contributed by atoms with E-state index < -0.39 is 0 Å². The molecule has 0 aliphatic heterocycles. The molecule has 0 aliphatic rings. The molecule has 14 heavy (non-hydrogen) atoms. The number of rotatable bonds is 7. The molecule has 0 saturated heterocycles. The van der Waals surface area contributed by atoms with E-state index in [1.54, 1.807) is 6.92 Å². The maximum atomic E-state index is 11.1. The van der Waals surface area contributed by atoms with Gasteiger partial charge in [0.1, 0.15) is 5.78 Å². The first kappa shape index (κ1) is 13.1. The Bertz CT molecular complexity index is 189. The number of carbonyl (C=O) groups is 2. The lowest BCUT2D eigenvalue weighted by Crippen LogP contribution is -2.21. The van der Waals surface area contributed by atoms with Crippen molar-refractivity contribution in [3.8, 4) is 0 Å². The molecule has 4 nitrogen and oxygen atoms in total. The second-order valence-electron chi connectivity index (χ2n) is 2.99. The molecular formula is C10H18O4. The van der Waals surface area contributed by atoms with E-state index >= 15 is 0 Å². The number of hydrogen-bond donors (Lipinski definition) is 0. The molecule has 0 fully saturated rings. The minimum absolute atomic E-state index is 0.0211.